The average Bonchev–Trinajstić information content (AvgIpc) is 3.04. The molecule has 0 bridgehead atoms. The van der Waals surface area contributed by atoms with Crippen LogP contribution in [0.4, 0.5) is 0 Å². The van der Waals surface area contributed by atoms with Crippen LogP contribution in [0.3, 0.4) is 0 Å². The maximum Gasteiger partial charge on any atom is 0.137 e. The quantitative estimate of drug-likeness (QED) is 0.751. The van der Waals surface area contributed by atoms with Crippen molar-refractivity contribution in [2.75, 3.05) is 13.1 Å². The summed E-state index contributed by atoms with van der Waals surface area (Å²) in [6.45, 7) is 5.20. The number of H-pyrrole nitrogens is 1. The molecule has 1 aromatic carbocycles. The van der Waals surface area contributed by atoms with Gasteiger partial charge in [0.05, 0.1) is 0 Å². The van der Waals surface area contributed by atoms with Crippen molar-refractivity contribution >= 4 is 17.1 Å². The van der Waals surface area contributed by atoms with Crippen LogP contribution in [0, 0.1) is 6.92 Å². The molecule has 4 rings (SSSR count). The fourth-order valence-electron chi connectivity index (χ4n) is 3.38. The molecule has 0 unspecified atom stereocenters. The smallest absolute Gasteiger partial charge is 0.137 e. The summed E-state index contributed by atoms with van der Waals surface area (Å²) < 4.78 is 0. The largest absolute Gasteiger partial charge is 0.346 e. The van der Waals surface area contributed by atoms with Crippen molar-refractivity contribution < 1.29 is 0 Å². The summed E-state index contributed by atoms with van der Waals surface area (Å²) in [5.41, 5.74) is 6.31. The van der Waals surface area contributed by atoms with Crippen LogP contribution in [0.15, 0.2) is 66.5 Å². The van der Waals surface area contributed by atoms with Crippen molar-refractivity contribution in [1.82, 2.24) is 14.9 Å². The minimum absolute atomic E-state index is 0.969. The van der Waals surface area contributed by atoms with E-state index in [9.17, 15) is 0 Å². The van der Waals surface area contributed by atoms with Gasteiger partial charge in [-0.2, -0.15) is 0 Å². The third-order valence-electron chi connectivity index (χ3n) is 4.79. The number of allylic oxidation sites excluding steroid dienone is 1. The van der Waals surface area contributed by atoms with Crippen molar-refractivity contribution in [3.8, 4) is 0 Å². The Balaban J connectivity index is 1.40. The van der Waals surface area contributed by atoms with Crippen molar-refractivity contribution in [1.29, 1.82) is 0 Å². The molecule has 0 aliphatic carbocycles. The van der Waals surface area contributed by atoms with E-state index in [1.54, 1.807) is 0 Å². The van der Waals surface area contributed by atoms with Crippen molar-refractivity contribution in [2.24, 2.45) is 0 Å². The highest BCUT2D eigenvalue weighted by atomic mass is 15.1. The molecule has 0 amide bonds. The lowest BCUT2D eigenvalue weighted by Crippen LogP contribution is -2.27. The molecule has 25 heavy (non-hydrogen) atoms. The second-order valence-electron chi connectivity index (χ2n) is 6.73. The highest BCUT2D eigenvalue weighted by Gasteiger charge is 2.13. The van der Waals surface area contributed by atoms with Crippen LogP contribution < -0.4 is 0 Å². The Morgan fingerprint density at radius 2 is 2.16 bits per heavy atom. The zero-order valence-electron chi connectivity index (χ0n) is 14.6. The molecule has 1 aliphatic heterocycles. The number of hydrogen-bond donors (Lipinski definition) is 1. The summed E-state index contributed by atoms with van der Waals surface area (Å²) in [7, 11) is 0. The van der Waals surface area contributed by atoms with Crippen LogP contribution in [0.2, 0.25) is 0 Å². The van der Waals surface area contributed by atoms with Crippen LogP contribution in [0.1, 0.15) is 23.1 Å². The Bertz CT molecular complexity index is 933. The SMILES string of the molecule is Cc1cccc(C=CC2=CCN(Cc3c[nH]c4ncccc34)CC2)c1. The van der Waals surface area contributed by atoms with E-state index in [0.717, 1.165) is 31.7 Å². The molecule has 1 N–H and O–H groups in total. The molecule has 3 aromatic rings. The third-order valence-corrected chi connectivity index (χ3v) is 4.79. The second-order valence-corrected chi connectivity index (χ2v) is 6.73. The van der Waals surface area contributed by atoms with Gasteiger partial charge in [-0.3, -0.25) is 4.90 Å². The van der Waals surface area contributed by atoms with E-state index < -0.39 is 0 Å². The fraction of sp³-hybridized carbons (Fsp3) is 0.227. The minimum atomic E-state index is 0.969. The number of aromatic amines is 1. The summed E-state index contributed by atoms with van der Waals surface area (Å²) in [5, 5.41) is 1.23. The standard InChI is InChI=1S/C22H23N3/c1-17-4-2-5-19(14-17)8-7-18-9-12-25(13-10-18)16-20-15-24-22-21(20)6-3-11-23-22/h2-9,11,14-15H,10,12-13,16H2,1H3,(H,23,24). The molecule has 0 saturated heterocycles. The Morgan fingerprint density at radius 3 is 3.00 bits per heavy atom. The Morgan fingerprint density at radius 1 is 1.20 bits per heavy atom. The number of hydrogen-bond acceptors (Lipinski definition) is 2. The van der Waals surface area contributed by atoms with Gasteiger partial charge in [0.2, 0.25) is 0 Å². The molecule has 3 nitrogen and oxygen atoms in total. The predicted octanol–water partition coefficient (Wildman–Crippen LogP) is 4.72. The van der Waals surface area contributed by atoms with Gasteiger partial charge >= 0.3 is 0 Å². The van der Waals surface area contributed by atoms with Gasteiger partial charge in [0.1, 0.15) is 5.65 Å². The topological polar surface area (TPSA) is 31.9 Å². The van der Waals surface area contributed by atoms with Crippen molar-refractivity contribution in [3.63, 3.8) is 0 Å². The average molecular weight is 329 g/mol. The number of nitrogens with one attached hydrogen (secondary N) is 1. The maximum atomic E-state index is 4.37. The Hall–Kier alpha value is -2.65. The first-order valence-corrected chi connectivity index (χ1v) is 8.85. The molecular weight excluding hydrogens is 306 g/mol. The van der Waals surface area contributed by atoms with Gasteiger partial charge < -0.3 is 4.98 Å². The number of pyridine rings is 1. The van der Waals surface area contributed by atoms with Crippen LogP contribution >= 0.6 is 0 Å². The molecule has 0 fully saturated rings. The first-order chi connectivity index (χ1) is 12.3. The molecule has 126 valence electrons. The molecule has 3 heteroatoms. The Kier molecular flexibility index (Phi) is 4.49. The summed E-state index contributed by atoms with van der Waals surface area (Å²) in [4.78, 5) is 10.1. The molecule has 1 aliphatic rings. The number of aromatic nitrogens is 2. The van der Waals surface area contributed by atoms with Gasteiger partial charge in [-0.05, 0) is 42.2 Å². The lowest BCUT2D eigenvalue weighted by Gasteiger charge is -2.25. The molecule has 0 spiro atoms. The van der Waals surface area contributed by atoms with Gasteiger partial charge in [-0.25, -0.2) is 4.98 Å². The highest BCUT2D eigenvalue weighted by molar-refractivity contribution is 5.79. The lowest BCUT2D eigenvalue weighted by molar-refractivity contribution is 0.288. The normalized spacial score (nSPS) is 15.8. The summed E-state index contributed by atoms with van der Waals surface area (Å²) in [6, 6.07) is 12.8. The van der Waals surface area contributed by atoms with E-state index in [4.69, 9.17) is 0 Å². The van der Waals surface area contributed by atoms with Gasteiger partial charge in [-0.15, -0.1) is 0 Å². The zero-order valence-corrected chi connectivity index (χ0v) is 14.6. The lowest BCUT2D eigenvalue weighted by atomic mass is 10.0. The van der Waals surface area contributed by atoms with Crippen LogP contribution in [-0.2, 0) is 6.54 Å². The maximum absolute atomic E-state index is 4.37. The van der Waals surface area contributed by atoms with Crippen molar-refractivity contribution in [2.45, 2.75) is 19.9 Å². The van der Waals surface area contributed by atoms with Gasteiger partial charge in [0.25, 0.3) is 0 Å². The summed E-state index contributed by atoms with van der Waals surface area (Å²) in [6.07, 6.45) is 11.9. The summed E-state index contributed by atoms with van der Waals surface area (Å²) >= 11 is 0. The first kappa shape index (κ1) is 15.9. The summed E-state index contributed by atoms with van der Waals surface area (Å²) in [5.74, 6) is 0. The van der Waals surface area contributed by atoms with E-state index in [1.807, 2.05) is 12.3 Å². The van der Waals surface area contributed by atoms with Crippen LogP contribution in [0.5, 0.6) is 0 Å². The monoisotopic (exact) mass is 329 g/mol. The second kappa shape index (κ2) is 7.08. The van der Waals surface area contributed by atoms with E-state index >= 15 is 0 Å². The van der Waals surface area contributed by atoms with E-state index in [0.29, 0.717) is 0 Å². The van der Waals surface area contributed by atoms with Crippen LogP contribution in [-0.4, -0.2) is 28.0 Å². The van der Waals surface area contributed by atoms with Crippen LogP contribution in [0.25, 0.3) is 17.1 Å². The number of nitrogens with zero attached hydrogens (tertiary/aromatic N) is 2. The number of rotatable bonds is 4. The minimum Gasteiger partial charge on any atom is -0.346 e. The number of aryl methyl sites for hydroxylation is 1. The molecule has 0 radical (unpaired) electrons. The number of fused-ring (bicyclic) bond motifs is 1. The van der Waals surface area contributed by atoms with Crippen molar-refractivity contribution in [3.05, 3.63) is 83.2 Å². The van der Waals surface area contributed by atoms with Gasteiger partial charge in [-0.1, -0.05) is 48.1 Å². The third kappa shape index (κ3) is 3.72. The zero-order chi connectivity index (χ0) is 17.1. The number of benzene rings is 1. The predicted molar refractivity (Wildman–Crippen MR) is 104 cm³/mol. The highest BCUT2D eigenvalue weighted by Crippen LogP contribution is 2.20. The van der Waals surface area contributed by atoms with E-state index in [-0.39, 0.29) is 0 Å². The van der Waals surface area contributed by atoms with Gasteiger partial charge in [0, 0.05) is 37.4 Å². The molecule has 2 aromatic heterocycles. The molecule has 3 heterocycles. The Labute approximate surface area is 148 Å². The van der Waals surface area contributed by atoms with E-state index in [2.05, 4.69) is 76.5 Å². The first-order valence-electron chi connectivity index (χ1n) is 8.85. The fourth-order valence-corrected chi connectivity index (χ4v) is 3.38. The van der Waals surface area contributed by atoms with E-state index in [1.165, 1.54) is 27.6 Å². The molecule has 0 saturated carbocycles. The van der Waals surface area contributed by atoms with Gasteiger partial charge in [0.15, 0.2) is 0 Å². The molecule has 0 atom stereocenters. The molecular formula is C22H23N3.